The number of carbonyl (C=O) groups excluding carboxylic acids is 1. The molecule has 1 aromatic heterocycles. The van der Waals surface area contributed by atoms with Gasteiger partial charge in [0, 0.05) is 21.2 Å². The van der Waals surface area contributed by atoms with Crippen molar-refractivity contribution < 1.29 is 28.5 Å². The van der Waals surface area contributed by atoms with Crippen molar-refractivity contribution in [2.45, 2.75) is 19.6 Å². The van der Waals surface area contributed by atoms with Crippen LogP contribution in [-0.4, -0.2) is 38.5 Å². The third-order valence-corrected chi connectivity index (χ3v) is 9.86. The number of hydrogen-bond acceptors (Lipinski definition) is 10. The van der Waals surface area contributed by atoms with Gasteiger partial charge >= 0.3 is 5.97 Å². The normalized spacial score (nSPS) is 13.9. The molecule has 5 aromatic rings. The Morgan fingerprint density at radius 1 is 0.961 bits per heavy atom. The van der Waals surface area contributed by atoms with Crippen LogP contribution in [0.3, 0.4) is 0 Å². The second-order valence-electron chi connectivity index (χ2n) is 11.1. The molecule has 0 fully saturated rings. The molecule has 0 saturated heterocycles. The number of nitrogens with zero attached hydrogens (tertiary/aromatic N) is 3. The summed E-state index contributed by atoms with van der Waals surface area (Å²) in [5.74, 6) is 1.09. The number of benzene rings is 4. The molecule has 1 aliphatic heterocycles. The molecule has 1 atom stereocenters. The molecule has 258 valence electrons. The van der Waals surface area contributed by atoms with Gasteiger partial charge in [-0.15, -0.1) is 0 Å². The average Bonchev–Trinajstić information content (AvgIpc) is 3.47. The van der Waals surface area contributed by atoms with E-state index in [1.54, 1.807) is 55.5 Å². The summed E-state index contributed by atoms with van der Waals surface area (Å²) in [7, 11) is 4.57. The largest absolute Gasteiger partial charge is 0.493 e. The molecule has 0 unspecified atom stereocenters. The molecule has 0 radical (unpaired) electrons. The van der Waals surface area contributed by atoms with Crippen molar-refractivity contribution in [2.75, 3.05) is 27.9 Å². The molecule has 6 rings (SSSR count). The summed E-state index contributed by atoms with van der Waals surface area (Å²) in [4.78, 5) is 33.7. The number of para-hydroxylation sites is 1. The predicted molar refractivity (Wildman–Crippen MR) is 197 cm³/mol. The van der Waals surface area contributed by atoms with E-state index < -0.39 is 12.0 Å². The first-order valence-corrected chi connectivity index (χ1v) is 17.4. The zero-order chi connectivity index (χ0) is 36.1. The van der Waals surface area contributed by atoms with Crippen molar-refractivity contribution in [3.05, 3.63) is 142 Å². The first-order chi connectivity index (χ1) is 24.8. The van der Waals surface area contributed by atoms with Gasteiger partial charge < -0.3 is 23.7 Å². The number of rotatable bonds is 11. The van der Waals surface area contributed by atoms with Gasteiger partial charge in [-0.1, -0.05) is 87.9 Å². The van der Waals surface area contributed by atoms with E-state index in [9.17, 15) is 14.9 Å². The van der Waals surface area contributed by atoms with Crippen LogP contribution in [0.4, 0.5) is 0 Å². The quantitative estimate of drug-likeness (QED) is 0.146. The number of ether oxygens (including phenoxy) is 5. The maximum atomic E-state index is 14.5. The Labute approximate surface area is 306 Å². The molecular weight excluding hydrogens is 734 g/mol. The fraction of sp³-hybridized carbons (Fsp3) is 0.179. The van der Waals surface area contributed by atoms with Crippen LogP contribution in [0.25, 0.3) is 11.8 Å². The number of esters is 1. The molecular formula is C39H32BrN3O7S. The molecule has 0 spiro atoms. The molecule has 12 heteroatoms. The highest BCUT2D eigenvalue weighted by Gasteiger charge is 2.37. The number of thiazole rings is 1. The number of halogens is 1. The Morgan fingerprint density at radius 2 is 1.71 bits per heavy atom. The zero-order valence-corrected chi connectivity index (χ0v) is 30.5. The lowest BCUT2D eigenvalue weighted by Crippen LogP contribution is -2.40. The molecule has 10 nitrogen and oxygen atoms in total. The standard InChI is InChI=1S/C39H32BrN3O7S/c1-5-49-38(45)33-34(23-12-7-6-8-13-23)42-39-43(35(33)27-16-11-17-29(46-2)36(27)48-4)37(44)32(51-39)19-26-18-30(47-3)31(20-28(26)40)50-22-25-15-10-9-14-24(25)21-41/h6-20,35H,5,22H2,1-4H3/b32-19-/t35-/m1/s1. The smallest absolute Gasteiger partial charge is 0.338 e. The zero-order valence-electron chi connectivity index (χ0n) is 28.1. The summed E-state index contributed by atoms with van der Waals surface area (Å²) in [6, 6.07) is 26.6. The number of methoxy groups -OCH3 is 3. The molecule has 51 heavy (non-hydrogen) atoms. The maximum Gasteiger partial charge on any atom is 0.338 e. The van der Waals surface area contributed by atoms with E-state index in [4.69, 9.17) is 28.7 Å². The number of nitriles is 1. The summed E-state index contributed by atoms with van der Waals surface area (Å²) in [5, 5.41) is 9.48. The van der Waals surface area contributed by atoms with Gasteiger partial charge in [0.15, 0.2) is 27.8 Å². The van der Waals surface area contributed by atoms with Gasteiger partial charge in [-0.3, -0.25) is 9.36 Å². The fourth-order valence-corrected chi connectivity index (χ4v) is 7.28. The van der Waals surface area contributed by atoms with Crippen LogP contribution < -0.4 is 33.8 Å². The van der Waals surface area contributed by atoms with E-state index in [1.165, 1.54) is 37.2 Å². The first kappa shape index (κ1) is 35.2. The highest BCUT2D eigenvalue weighted by Crippen LogP contribution is 2.42. The lowest BCUT2D eigenvalue weighted by atomic mass is 9.92. The van der Waals surface area contributed by atoms with E-state index in [0.717, 1.165) is 5.56 Å². The molecule has 0 amide bonds. The minimum atomic E-state index is -0.965. The van der Waals surface area contributed by atoms with Crippen LogP contribution >= 0.6 is 27.3 Å². The van der Waals surface area contributed by atoms with Crippen LogP contribution in [-0.2, 0) is 16.1 Å². The molecule has 4 aromatic carbocycles. The topological polar surface area (TPSA) is 121 Å². The Bertz CT molecular complexity index is 2380. The monoisotopic (exact) mass is 765 g/mol. The average molecular weight is 767 g/mol. The number of fused-ring (bicyclic) bond motifs is 1. The van der Waals surface area contributed by atoms with Crippen LogP contribution in [0.5, 0.6) is 23.0 Å². The molecule has 0 bridgehead atoms. The third-order valence-electron chi connectivity index (χ3n) is 8.19. The van der Waals surface area contributed by atoms with Crippen molar-refractivity contribution in [3.63, 3.8) is 0 Å². The van der Waals surface area contributed by atoms with Crippen LogP contribution in [0.2, 0.25) is 0 Å². The number of aromatic nitrogens is 1. The van der Waals surface area contributed by atoms with Gasteiger partial charge in [-0.05, 0) is 42.8 Å². The lowest BCUT2D eigenvalue weighted by molar-refractivity contribution is -0.138. The molecule has 1 aliphatic rings. The minimum Gasteiger partial charge on any atom is -0.493 e. The minimum absolute atomic E-state index is 0.122. The second kappa shape index (κ2) is 15.5. The second-order valence-corrected chi connectivity index (χ2v) is 13.0. The van der Waals surface area contributed by atoms with E-state index in [1.807, 2.05) is 42.5 Å². The first-order valence-electron chi connectivity index (χ1n) is 15.8. The molecule has 0 saturated carbocycles. The van der Waals surface area contributed by atoms with Crippen molar-refractivity contribution in [1.29, 1.82) is 5.26 Å². The SMILES string of the molecule is CCOC(=O)C1=C(c2ccccc2)N=c2s/c(=C\c3cc(OC)c(OCc4ccccc4C#N)cc3Br)c(=O)n2[C@@H]1c1cccc(OC)c1OC. The van der Waals surface area contributed by atoms with Gasteiger partial charge in [-0.25, -0.2) is 9.79 Å². The summed E-state index contributed by atoms with van der Waals surface area (Å²) in [6.07, 6.45) is 1.74. The van der Waals surface area contributed by atoms with E-state index in [0.29, 0.717) is 64.8 Å². The van der Waals surface area contributed by atoms with Crippen molar-refractivity contribution in [3.8, 4) is 29.1 Å². The van der Waals surface area contributed by atoms with Gasteiger partial charge in [0.05, 0.1) is 55.4 Å². The van der Waals surface area contributed by atoms with Crippen molar-refractivity contribution in [2.24, 2.45) is 4.99 Å². The summed E-state index contributed by atoms with van der Waals surface area (Å²) >= 11 is 4.83. The van der Waals surface area contributed by atoms with Gasteiger partial charge in [0.25, 0.3) is 5.56 Å². The highest BCUT2D eigenvalue weighted by molar-refractivity contribution is 9.10. The molecule has 0 aliphatic carbocycles. The predicted octanol–water partition coefficient (Wildman–Crippen LogP) is 6.17. The van der Waals surface area contributed by atoms with Crippen molar-refractivity contribution in [1.82, 2.24) is 4.57 Å². The lowest BCUT2D eigenvalue weighted by Gasteiger charge is -2.27. The van der Waals surface area contributed by atoms with Crippen LogP contribution in [0.15, 0.2) is 105 Å². The van der Waals surface area contributed by atoms with Crippen LogP contribution in [0.1, 0.15) is 40.8 Å². The van der Waals surface area contributed by atoms with Gasteiger partial charge in [0.2, 0.25) is 0 Å². The Morgan fingerprint density at radius 3 is 2.41 bits per heavy atom. The Hall–Kier alpha value is -5.64. The van der Waals surface area contributed by atoms with E-state index in [-0.39, 0.29) is 24.3 Å². The number of hydrogen-bond donors (Lipinski definition) is 0. The van der Waals surface area contributed by atoms with E-state index in [2.05, 4.69) is 22.0 Å². The van der Waals surface area contributed by atoms with Gasteiger partial charge in [0.1, 0.15) is 12.6 Å². The summed E-state index contributed by atoms with van der Waals surface area (Å²) in [6.45, 7) is 2.01. The maximum absolute atomic E-state index is 14.5. The van der Waals surface area contributed by atoms with Crippen molar-refractivity contribution >= 4 is 45.0 Å². The molecule has 0 N–H and O–H groups in total. The Kier molecular flexibility index (Phi) is 10.7. The Balaban J connectivity index is 1.54. The third kappa shape index (κ3) is 6.91. The summed E-state index contributed by atoms with van der Waals surface area (Å²) in [5.41, 5.74) is 3.32. The highest BCUT2D eigenvalue weighted by atomic mass is 79.9. The van der Waals surface area contributed by atoms with Crippen LogP contribution in [0, 0.1) is 11.3 Å². The fourth-order valence-electron chi connectivity index (χ4n) is 5.85. The summed E-state index contributed by atoms with van der Waals surface area (Å²) < 4.78 is 31.3. The van der Waals surface area contributed by atoms with E-state index >= 15 is 0 Å². The molecule has 2 heterocycles. The van der Waals surface area contributed by atoms with Gasteiger partial charge in [-0.2, -0.15) is 5.26 Å². The number of carbonyl (C=O) groups is 1.